The molecule has 230 valence electrons. The maximum atomic E-state index is 16.1. The first-order valence-electron chi connectivity index (χ1n) is 13.4. The Labute approximate surface area is 245 Å². The summed E-state index contributed by atoms with van der Waals surface area (Å²) >= 11 is 0. The first kappa shape index (κ1) is 31.1. The lowest BCUT2D eigenvalue weighted by atomic mass is 9.20. The number of aromatic nitrogens is 1. The van der Waals surface area contributed by atoms with E-state index in [0.717, 1.165) is 16.9 Å². The maximum Gasteiger partial charge on any atom is 0.354 e. The molecule has 0 saturated carbocycles. The van der Waals surface area contributed by atoms with Crippen LogP contribution >= 0.6 is 0 Å². The van der Waals surface area contributed by atoms with E-state index in [9.17, 15) is 8.78 Å². The highest BCUT2D eigenvalue weighted by molar-refractivity contribution is 6.97. The smallest absolute Gasteiger partial charge is 0.354 e. The second kappa shape index (κ2) is 11.0. The summed E-state index contributed by atoms with van der Waals surface area (Å²) in [5, 5.41) is 0. The zero-order chi connectivity index (χ0) is 32.4. The van der Waals surface area contributed by atoms with Gasteiger partial charge >= 0.3 is 6.28 Å². The summed E-state index contributed by atoms with van der Waals surface area (Å²) in [7, 11) is 3.22. The highest BCUT2D eigenvalue weighted by Crippen LogP contribution is 2.44. The number of anilines is 1. The van der Waals surface area contributed by atoms with E-state index in [0.29, 0.717) is 16.8 Å². The molecule has 0 N–H and O–H groups in total. The fraction of sp³-hybridized carbons (Fsp3) is 0.194. The first-order chi connectivity index (χ1) is 20.7. The van der Waals surface area contributed by atoms with E-state index in [4.69, 9.17) is 0 Å². The normalized spacial score (nSPS) is 14.7. The molecule has 1 aliphatic carbocycles. The highest BCUT2D eigenvalue weighted by Gasteiger charge is 2.57. The predicted octanol–water partition coefficient (Wildman–Crippen LogP) is 6.42. The van der Waals surface area contributed by atoms with Gasteiger partial charge in [-0.2, -0.15) is 0 Å². The van der Waals surface area contributed by atoms with E-state index >= 15 is 35.1 Å². The molecule has 0 radical (unpaired) electrons. The van der Waals surface area contributed by atoms with Crippen LogP contribution in [0.25, 0.3) is 5.57 Å². The molecule has 4 aromatic rings. The Bertz CT molecular complexity index is 1710. The van der Waals surface area contributed by atoms with Gasteiger partial charge in [-0.05, 0) is 22.9 Å². The van der Waals surface area contributed by atoms with Gasteiger partial charge in [-0.15, -0.1) is 6.08 Å². The third-order valence-corrected chi connectivity index (χ3v) is 8.32. The average molecular weight is 624 g/mol. The van der Waals surface area contributed by atoms with Crippen molar-refractivity contribution >= 4 is 28.5 Å². The van der Waals surface area contributed by atoms with E-state index in [1.165, 1.54) is 30.3 Å². The second-order valence-corrected chi connectivity index (χ2v) is 11.1. The molecule has 1 atom stereocenters. The van der Waals surface area contributed by atoms with E-state index in [1.54, 1.807) is 45.0 Å². The lowest BCUT2D eigenvalue weighted by molar-refractivity contribution is -0.543. The highest BCUT2D eigenvalue weighted by atomic mass is 19.2. The van der Waals surface area contributed by atoms with E-state index in [-0.39, 0.29) is 11.5 Å². The first-order valence-corrected chi connectivity index (χ1v) is 13.4. The Hall–Kier alpha value is -4.29. The molecule has 0 fully saturated rings. The number of pyridine rings is 1. The van der Waals surface area contributed by atoms with Gasteiger partial charge in [-0.3, -0.25) is 0 Å². The molecule has 1 aromatic heterocycles. The minimum absolute atomic E-state index is 0.105. The molecule has 0 spiro atoms. The van der Waals surface area contributed by atoms with Gasteiger partial charge in [0.15, 0.2) is 34.9 Å². The van der Waals surface area contributed by atoms with E-state index < -0.39 is 81.2 Å². The van der Waals surface area contributed by atoms with Gasteiger partial charge < -0.3 is 9.38 Å². The molecule has 0 amide bonds. The van der Waals surface area contributed by atoms with Crippen LogP contribution in [0.1, 0.15) is 30.8 Å². The Balaban J connectivity index is 2.13. The minimum Gasteiger partial charge on any atom is -0.418 e. The van der Waals surface area contributed by atoms with Crippen molar-refractivity contribution in [1.29, 1.82) is 0 Å². The summed E-state index contributed by atoms with van der Waals surface area (Å²) in [4.78, 5) is 1.57. The fourth-order valence-corrected chi connectivity index (χ4v) is 6.33. The molecule has 1 heterocycles. The van der Waals surface area contributed by atoms with Crippen LogP contribution in [0.5, 0.6) is 0 Å². The monoisotopic (exact) mass is 624 g/mol. The molecule has 1 aliphatic rings. The van der Waals surface area contributed by atoms with Crippen LogP contribution in [0.3, 0.4) is 0 Å². The zero-order valence-electron chi connectivity index (χ0n) is 23.6. The van der Waals surface area contributed by atoms with Crippen LogP contribution in [-0.2, 0) is 0 Å². The lowest BCUT2D eigenvalue weighted by Gasteiger charge is -2.41. The summed E-state index contributed by atoms with van der Waals surface area (Å²) < 4.78 is 154. The molecule has 0 unspecified atom stereocenters. The standard InChI is InChI=1S/C31H23BF10N2/c1-14(2)18-13-19(17-8-6-5-7-16(17)18)32(44-11-9-15(10-12-44)43(3)4,20-22(33)26(37)30(41)27(38)23(20)34)21-24(35)28(39)31(42)29(40)25(21)36/h5-14,19H,1-4H3/t19-/m0/s1. The molecule has 0 aliphatic heterocycles. The molecule has 2 nitrogen and oxygen atoms in total. The van der Waals surface area contributed by atoms with Crippen LogP contribution in [0.15, 0.2) is 54.9 Å². The van der Waals surface area contributed by atoms with Crippen molar-refractivity contribution in [2.45, 2.75) is 19.7 Å². The van der Waals surface area contributed by atoms with Gasteiger partial charge in [0, 0.05) is 31.9 Å². The Morgan fingerprint density at radius 3 is 1.43 bits per heavy atom. The van der Waals surface area contributed by atoms with Crippen LogP contribution in [0.2, 0.25) is 0 Å². The maximum absolute atomic E-state index is 16.1. The Kier molecular flexibility index (Phi) is 7.80. The van der Waals surface area contributed by atoms with E-state index in [1.807, 2.05) is 0 Å². The molecule has 0 saturated heterocycles. The molecule has 3 aromatic carbocycles. The van der Waals surface area contributed by atoms with Gasteiger partial charge in [-0.1, -0.05) is 54.6 Å². The Morgan fingerprint density at radius 2 is 1.02 bits per heavy atom. The van der Waals surface area contributed by atoms with Crippen molar-refractivity contribution in [3.8, 4) is 0 Å². The van der Waals surface area contributed by atoms with Crippen LogP contribution in [0, 0.1) is 64.1 Å². The Morgan fingerprint density at radius 1 is 0.614 bits per heavy atom. The molecule has 44 heavy (non-hydrogen) atoms. The summed E-state index contributed by atoms with van der Waals surface area (Å²) in [5.41, 5.74) is -2.13. The summed E-state index contributed by atoms with van der Waals surface area (Å²) in [6.45, 7) is 3.44. The van der Waals surface area contributed by atoms with Crippen molar-refractivity contribution in [3.05, 3.63) is 124 Å². The van der Waals surface area contributed by atoms with Crippen molar-refractivity contribution in [1.82, 2.24) is 0 Å². The van der Waals surface area contributed by atoms with Gasteiger partial charge in [0.1, 0.15) is 35.7 Å². The largest absolute Gasteiger partial charge is 0.418 e. The quantitative estimate of drug-likeness (QED) is 0.104. The number of nitrogens with zero attached hydrogens (tertiary/aromatic N) is 2. The van der Waals surface area contributed by atoms with E-state index in [2.05, 4.69) is 0 Å². The third kappa shape index (κ3) is 4.30. The van der Waals surface area contributed by atoms with Crippen LogP contribution < -0.4 is 20.3 Å². The molecule has 0 bridgehead atoms. The van der Waals surface area contributed by atoms with Gasteiger partial charge in [-0.25, -0.2) is 43.9 Å². The van der Waals surface area contributed by atoms with Crippen molar-refractivity contribution in [2.75, 3.05) is 19.0 Å². The minimum atomic E-state index is -4.39. The lowest BCUT2D eigenvalue weighted by Crippen LogP contribution is -2.83. The van der Waals surface area contributed by atoms with Gasteiger partial charge in [0.25, 0.3) is 0 Å². The number of fused-ring (bicyclic) bond motifs is 1. The SMILES string of the molecule is CC(C)C1=C[C@H]([B-](c2c(F)c(F)c(F)c(F)c2F)(c2c(F)c(F)c(F)c(F)c2F)[n+]2ccc(N(C)C)cc2)c2ccccc21. The predicted molar refractivity (Wildman–Crippen MR) is 146 cm³/mol. The second-order valence-electron chi connectivity index (χ2n) is 11.1. The number of halogens is 10. The summed E-state index contributed by atoms with van der Waals surface area (Å²) in [6.07, 6.45) is -1.00. The molecule has 13 heteroatoms. The topological polar surface area (TPSA) is 7.12 Å². The van der Waals surface area contributed by atoms with Gasteiger partial charge in [0.2, 0.25) is 0 Å². The zero-order valence-corrected chi connectivity index (χ0v) is 23.6. The van der Waals surface area contributed by atoms with Gasteiger partial charge in [0.05, 0.1) is 0 Å². The number of hydrogen-bond acceptors (Lipinski definition) is 1. The molecular formula is C31H23BF10N2. The number of hydrogen-bond donors (Lipinski definition) is 0. The van der Waals surface area contributed by atoms with Crippen LogP contribution in [0.4, 0.5) is 49.6 Å². The summed E-state index contributed by atoms with van der Waals surface area (Å²) in [6, 6.07) is 8.60. The number of rotatable bonds is 6. The average Bonchev–Trinajstić information content (AvgIpc) is 3.40. The van der Waals surface area contributed by atoms with Crippen molar-refractivity contribution in [3.63, 3.8) is 0 Å². The number of allylic oxidation sites excluding steroid dienone is 2. The molecular weight excluding hydrogens is 601 g/mol. The fourth-order valence-electron chi connectivity index (χ4n) is 6.33. The van der Waals surface area contributed by atoms with Crippen molar-refractivity contribution in [2.24, 2.45) is 5.92 Å². The third-order valence-electron chi connectivity index (χ3n) is 8.32. The van der Waals surface area contributed by atoms with Crippen LogP contribution in [-0.4, -0.2) is 20.4 Å². The van der Waals surface area contributed by atoms with Crippen molar-refractivity contribution < 1.29 is 48.4 Å². The summed E-state index contributed by atoms with van der Waals surface area (Å²) in [5.74, 6) is -27.0. The molecule has 5 rings (SSSR count). The number of benzene rings is 3.